The Hall–Kier alpha value is -3.78. The van der Waals surface area contributed by atoms with E-state index in [9.17, 15) is 0 Å². The summed E-state index contributed by atoms with van der Waals surface area (Å²) in [4.78, 5) is 0. The first-order chi connectivity index (χ1) is 17.9. The molecule has 1 atom stereocenters. The number of fused-ring (bicyclic) bond motifs is 8. The van der Waals surface area contributed by atoms with Crippen molar-refractivity contribution in [3.8, 4) is 22.5 Å². The lowest BCUT2D eigenvalue weighted by Crippen LogP contribution is -2.53. The second-order valence-electron chi connectivity index (χ2n) is 12.2. The zero-order chi connectivity index (χ0) is 25.2. The van der Waals surface area contributed by atoms with Gasteiger partial charge >= 0.3 is 0 Å². The quantitative estimate of drug-likeness (QED) is 0.213. The molecule has 0 fully saturated rings. The van der Waals surface area contributed by atoms with Gasteiger partial charge in [-0.05, 0) is 58.5 Å². The van der Waals surface area contributed by atoms with Crippen LogP contribution in [0.2, 0.25) is 0 Å². The molecule has 0 bridgehead atoms. The smallest absolute Gasteiger partial charge is 0.197 e. The lowest BCUT2D eigenvalue weighted by molar-refractivity contribution is -0.737. The molecule has 1 spiro atoms. The largest absolute Gasteiger partial charge is 0.220 e. The van der Waals surface area contributed by atoms with Crippen LogP contribution in [0, 0.1) is 5.41 Å². The molecule has 182 valence electrons. The third kappa shape index (κ3) is 3.70. The van der Waals surface area contributed by atoms with E-state index in [0.29, 0.717) is 0 Å². The molecule has 0 saturated heterocycles. The van der Waals surface area contributed by atoms with E-state index in [1.807, 2.05) is 0 Å². The van der Waals surface area contributed by atoms with E-state index in [2.05, 4.69) is 133 Å². The molecule has 2 nitrogen and oxygen atoms in total. The van der Waals surface area contributed by atoms with E-state index in [0.717, 1.165) is 25.9 Å². The Morgan fingerprint density at radius 1 is 0.649 bits per heavy atom. The minimum Gasteiger partial charge on any atom is -0.197 e. The minimum absolute atomic E-state index is 0.0593. The maximum Gasteiger partial charge on any atom is 0.220 e. The summed E-state index contributed by atoms with van der Waals surface area (Å²) in [5.41, 5.74) is 9.95. The third-order valence-electron chi connectivity index (χ3n) is 8.55. The minimum atomic E-state index is 0.0593. The van der Waals surface area contributed by atoms with Crippen molar-refractivity contribution >= 4 is 10.8 Å². The SMILES string of the molecule is CC(C)(C)c1cc[n+]2c(c1)-c1ccccc1CC1(Cc3ccccc3-c3c4ccccc4cc[n+]3C1)C2. The Balaban J connectivity index is 1.47. The Morgan fingerprint density at radius 2 is 1.27 bits per heavy atom. The van der Waals surface area contributed by atoms with Crippen molar-refractivity contribution in [1.29, 1.82) is 0 Å². The van der Waals surface area contributed by atoms with Crippen molar-refractivity contribution in [2.24, 2.45) is 5.41 Å². The maximum absolute atomic E-state index is 2.55. The molecule has 2 heteroatoms. The average Bonchev–Trinajstić information content (AvgIpc) is 3.11. The van der Waals surface area contributed by atoms with Gasteiger partial charge in [0.15, 0.2) is 25.5 Å². The zero-order valence-corrected chi connectivity index (χ0v) is 22.0. The monoisotopic (exact) mass is 482 g/mol. The number of benzene rings is 3. The normalized spacial score (nSPS) is 18.4. The molecule has 5 aromatic rings. The molecule has 4 heterocycles. The lowest BCUT2D eigenvalue weighted by Gasteiger charge is -2.26. The van der Waals surface area contributed by atoms with Crippen LogP contribution in [-0.4, -0.2) is 0 Å². The molecule has 0 amide bonds. The van der Waals surface area contributed by atoms with Crippen molar-refractivity contribution in [2.75, 3.05) is 0 Å². The number of hydrogen-bond donors (Lipinski definition) is 0. The van der Waals surface area contributed by atoms with Gasteiger partial charge in [-0.1, -0.05) is 75.4 Å². The topological polar surface area (TPSA) is 7.76 Å². The number of pyridine rings is 2. The highest BCUT2D eigenvalue weighted by Gasteiger charge is 2.46. The van der Waals surface area contributed by atoms with Crippen LogP contribution >= 0.6 is 0 Å². The van der Waals surface area contributed by atoms with Crippen molar-refractivity contribution in [3.05, 3.63) is 120 Å². The molecular formula is C35H34N2+2. The third-order valence-corrected chi connectivity index (χ3v) is 8.55. The molecule has 37 heavy (non-hydrogen) atoms. The van der Waals surface area contributed by atoms with Gasteiger partial charge < -0.3 is 0 Å². The number of aromatic nitrogens is 2. The van der Waals surface area contributed by atoms with Crippen molar-refractivity contribution in [2.45, 2.75) is 52.1 Å². The van der Waals surface area contributed by atoms with Gasteiger partial charge in [-0.3, -0.25) is 0 Å². The van der Waals surface area contributed by atoms with E-state index < -0.39 is 0 Å². The summed E-state index contributed by atoms with van der Waals surface area (Å²) in [6, 6.07) is 34.1. The molecule has 0 radical (unpaired) electrons. The molecular weight excluding hydrogens is 448 g/mol. The van der Waals surface area contributed by atoms with Crippen LogP contribution in [0.5, 0.6) is 0 Å². The predicted octanol–water partition coefficient (Wildman–Crippen LogP) is 6.85. The maximum atomic E-state index is 2.55. The molecule has 7 rings (SSSR count). The first kappa shape index (κ1) is 22.4. The second kappa shape index (κ2) is 8.11. The Labute approximate surface area is 219 Å². The molecule has 2 aliphatic heterocycles. The fourth-order valence-electron chi connectivity index (χ4n) is 6.75. The van der Waals surface area contributed by atoms with Crippen LogP contribution < -0.4 is 9.13 Å². The summed E-state index contributed by atoms with van der Waals surface area (Å²) >= 11 is 0. The zero-order valence-electron chi connectivity index (χ0n) is 22.0. The highest BCUT2D eigenvalue weighted by molar-refractivity contribution is 5.93. The van der Waals surface area contributed by atoms with Crippen LogP contribution in [0.4, 0.5) is 0 Å². The van der Waals surface area contributed by atoms with Crippen LogP contribution in [0.15, 0.2) is 103 Å². The Kier molecular flexibility index (Phi) is 4.92. The van der Waals surface area contributed by atoms with Crippen LogP contribution in [0.25, 0.3) is 33.3 Å². The van der Waals surface area contributed by atoms with Gasteiger partial charge in [0.05, 0.1) is 16.4 Å². The highest BCUT2D eigenvalue weighted by atomic mass is 15.0. The van der Waals surface area contributed by atoms with Gasteiger partial charge in [0.25, 0.3) is 0 Å². The summed E-state index contributed by atoms with van der Waals surface area (Å²) in [5, 5.41) is 2.64. The summed E-state index contributed by atoms with van der Waals surface area (Å²) in [7, 11) is 0. The second-order valence-corrected chi connectivity index (χ2v) is 12.2. The first-order valence-electron chi connectivity index (χ1n) is 13.5. The van der Waals surface area contributed by atoms with Gasteiger partial charge in [-0.15, -0.1) is 0 Å². The summed E-state index contributed by atoms with van der Waals surface area (Å²) in [6.07, 6.45) is 6.79. The van der Waals surface area contributed by atoms with Crippen LogP contribution in [-0.2, 0) is 31.3 Å². The number of rotatable bonds is 0. The van der Waals surface area contributed by atoms with E-state index in [1.54, 1.807) is 0 Å². The standard InChI is InChI=1S/C35H34N2/c1-34(2,3)28-17-19-36-23-35(21-26-11-5-7-13-29(26)32(36)20-28)22-27-12-6-9-15-31(27)33-30-14-8-4-10-25(30)16-18-37(33)24-35/h4-20H,21-24H2,1-3H3/q+2. The molecule has 0 saturated carbocycles. The predicted molar refractivity (Wildman–Crippen MR) is 150 cm³/mol. The summed E-state index contributed by atoms with van der Waals surface area (Å²) < 4.78 is 5.09. The number of hydrogen-bond acceptors (Lipinski definition) is 0. The first-order valence-corrected chi connectivity index (χ1v) is 13.5. The fourth-order valence-corrected chi connectivity index (χ4v) is 6.75. The summed E-state index contributed by atoms with van der Waals surface area (Å²) in [6.45, 7) is 8.91. The van der Waals surface area contributed by atoms with Crippen molar-refractivity contribution < 1.29 is 9.13 Å². The highest BCUT2D eigenvalue weighted by Crippen LogP contribution is 2.41. The fraction of sp³-hybridized carbons (Fsp3) is 0.257. The van der Waals surface area contributed by atoms with Gasteiger partial charge in [0, 0.05) is 23.8 Å². The molecule has 0 aliphatic carbocycles. The molecule has 1 unspecified atom stereocenters. The average molecular weight is 483 g/mol. The van der Waals surface area contributed by atoms with Crippen molar-refractivity contribution in [1.82, 2.24) is 0 Å². The van der Waals surface area contributed by atoms with Gasteiger partial charge in [-0.25, -0.2) is 0 Å². The van der Waals surface area contributed by atoms with Gasteiger partial charge in [-0.2, -0.15) is 9.13 Å². The van der Waals surface area contributed by atoms with E-state index >= 15 is 0 Å². The summed E-state index contributed by atoms with van der Waals surface area (Å²) in [5.74, 6) is 0. The molecule has 2 aromatic heterocycles. The van der Waals surface area contributed by atoms with Gasteiger partial charge in [0.1, 0.15) is 0 Å². The Morgan fingerprint density at radius 3 is 2.05 bits per heavy atom. The van der Waals surface area contributed by atoms with Crippen LogP contribution in [0.1, 0.15) is 37.5 Å². The van der Waals surface area contributed by atoms with Gasteiger partial charge in [0.2, 0.25) is 11.4 Å². The molecule has 2 aliphatic rings. The van der Waals surface area contributed by atoms with Crippen LogP contribution in [0.3, 0.4) is 0 Å². The van der Waals surface area contributed by atoms with E-state index in [-0.39, 0.29) is 10.8 Å². The molecule has 0 N–H and O–H groups in total. The molecule has 3 aromatic carbocycles. The van der Waals surface area contributed by atoms with E-state index in [1.165, 1.54) is 50.0 Å². The lowest BCUT2D eigenvalue weighted by atomic mass is 9.76. The van der Waals surface area contributed by atoms with E-state index in [4.69, 9.17) is 0 Å². The Bertz CT molecular complexity index is 1670. The van der Waals surface area contributed by atoms with Crippen molar-refractivity contribution in [3.63, 3.8) is 0 Å². The number of nitrogens with zero attached hydrogens (tertiary/aromatic N) is 2.